The third-order valence-corrected chi connectivity index (χ3v) is 6.30. The molecule has 1 fully saturated rings. The van der Waals surface area contributed by atoms with Crippen molar-refractivity contribution in [1.82, 2.24) is 30.3 Å². The molecule has 1 amide bonds. The Balaban J connectivity index is 1.16. The molecule has 0 aliphatic heterocycles. The monoisotopic (exact) mass is 464 g/mol. The Hall–Kier alpha value is -3.95. The average molecular weight is 464 g/mol. The lowest BCUT2D eigenvalue weighted by Gasteiger charge is -2.28. The fraction of sp³-hybridized carbons (Fsp3) is 0.292. The van der Waals surface area contributed by atoms with Crippen molar-refractivity contribution in [2.75, 3.05) is 6.54 Å². The summed E-state index contributed by atoms with van der Waals surface area (Å²) < 4.78 is 28.9. The van der Waals surface area contributed by atoms with E-state index in [1.54, 1.807) is 12.4 Å². The summed E-state index contributed by atoms with van der Waals surface area (Å²) in [5.74, 6) is -3.71. The number of nitrogens with zero attached hydrogens (tertiary/aromatic N) is 5. The summed E-state index contributed by atoms with van der Waals surface area (Å²) in [5, 5.41) is 20.6. The predicted octanol–water partition coefficient (Wildman–Crippen LogP) is 4.03. The maximum Gasteiger partial charge on any atom is 0.251 e. The summed E-state index contributed by atoms with van der Waals surface area (Å²) in [6.07, 6.45) is 8.79. The normalized spacial score (nSPS) is 18.2. The highest BCUT2D eigenvalue weighted by Crippen LogP contribution is 2.32. The van der Waals surface area contributed by atoms with Crippen LogP contribution in [0.5, 0.6) is 5.75 Å². The van der Waals surface area contributed by atoms with E-state index in [9.17, 15) is 18.7 Å². The van der Waals surface area contributed by atoms with E-state index >= 15 is 0 Å². The van der Waals surface area contributed by atoms with Crippen LogP contribution in [-0.4, -0.2) is 42.5 Å². The third-order valence-electron chi connectivity index (χ3n) is 6.30. The molecule has 1 aliphatic rings. The fourth-order valence-corrected chi connectivity index (χ4v) is 4.36. The second-order valence-electron chi connectivity index (χ2n) is 8.52. The number of amides is 1. The summed E-state index contributed by atoms with van der Waals surface area (Å²) in [6, 6.07) is 7.69. The Morgan fingerprint density at radius 2 is 1.74 bits per heavy atom. The summed E-state index contributed by atoms with van der Waals surface area (Å²) >= 11 is 0. The molecule has 10 heteroatoms. The van der Waals surface area contributed by atoms with Crippen LogP contribution in [0.4, 0.5) is 8.78 Å². The van der Waals surface area contributed by atoms with Gasteiger partial charge in [-0.3, -0.25) is 14.8 Å². The molecule has 5 rings (SSSR count). The van der Waals surface area contributed by atoms with Gasteiger partial charge in [0.25, 0.3) is 5.91 Å². The van der Waals surface area contributed by atoms with E-state index in [4.69, 9.17) is 0 Å². The van der Waals surface area contributed by atoms with Gasteiger partial charge in [-0.1, -0.05) is 11.3 Å². The first-order valence-electron chi connectivity index (χ1n) is 11.1. The Kier molecular flexibility index (Phi) is 5.87. The number of rotatable bonds is 5. The van der Waals surface area contributed by atoms with E-state index < -0.39 is 23.3 Å². The molecule has 0 radical (unpaired) electrons. The zero-order valence-corrected chi connectivity index (χ0v) is 18.2. The number of nitrogens with one attached hydrogen (secondary N) is 1. The van der Waals surface area contributed by atoms with Gasteiger partial charge in [-0.25, -0.2) is 13.5 Å². The minimum absolute atomic E-state index is 0.156. The molecule has 0 atom stereocenters. The van der Waals surface area contributed by atoms with Crippen molar-refractivity contribution in [2.24, 2.45) is 5.92 Å². The molecular weight excluding hydrogens is 442 g/mol. The van der Waals surface area contributed by atoms with Crippen molar-refractivity contribution < 1.29 is 18.7 Å². The molecule has 2 N–H and O–H groups in total. The number of aromatic nitrogens is 5. The van der Waals surface area contributed by atoms with Crippen LogP contribution in [0.15, 0.2) is 48.9 Å². The number of carbonyl (C=O) groups is 1. The highest BCUT2D eigenvalue weighted by atomic mass is 19.1. The molecule has 174 valence electrons. The Labute approximate surface area is 193 Å². The third kappa shape index (κ3) is 4.43. The molecule has 2 aromatic heterocycles. The topological polar surface area (TPSA) is 106 Å². The van der Waals surface area contributed by atoms with E-state index in [0.717, 1.165) is 60.1 Å². The molecule has 0 spiro atoms. The van der Waals surface area contributed by atoms with Crippen molar-refractivity contribution in [1.29, 1.82) is 0 Å². The second-order valence-corrected chi connectivity index (χ2v) is 8.52. The van der Waals surface area contributed by atoms with E-state index in [1.807, 2.05) is 29.1 Å². The molecule has 0 bridgehead atoms. The number of hydrogen-bond donors (Lipinski definition) is 2. The van der Waals surface area contributed by atoms with Gasteiger partial charge >= 0.3 is 0 Å². The summed E-state index contributed by atoms with van der Waals surface area (Å²) in [5.41, 5.74) is 3.17. The largest absolute Gasteiger partial charge is 0.503 e. The van der Waals surface area contributed by atoms with Crippen LogP contribution in [0, 0.1) is 17.6 Å². The van der Waals surface area contributed by atoms with Crippen LogP contribution >= 0.6 is 0 Å². The second kappa shape index (κ2) is 9.12. The predicted molar refractivity (Wildman–Crippen MR) is 120 cm³/mol. The number of halogens is 2. The van der Waals surface area contributed by atoms with E-state index in [2.05, 4.69) is 25.6 Å². The SMILES string of the molecule is O=C(NC[C@H]1CC[C@H](n2cc(-c3ccc4nccnc4c3)nn2)CC1)c1cc(F)c(O)c(F)c1. The number of phenolic OH excluding ortho intramolecular Hbond substituents is 1. The van der Waals surface area contributed by atoms with Gasteiger partial charge in [0.2, 0.25) is 0 Å². The van der Waals surface area contributed by atoms with Gasteiger partial charge in [0.1, 0.15) is 5.69 Å². The first kappa shape index (κ1) is 21.9. The molecule has 0 saturated heterocycles. The standard InChI is InChI=1S/C24H22F2N6O2/c25-18-9-16(10-19(26)23(18)33)24(34)29-12-14-1-4-17(5-2-14)32-13-22(30-31-32)15-3-6-20-21(11-15)28-8-7-27-20/h3,6-11,13-14,17,33H,1-2,4-5,12H2,(H,29,34)/t14-,17-. The maximum atomic E-state index is 13.5. The summed E-state index contributed by atoms with van der Waals surface area (Å²) in [6.45, 7) is 0.413. The number of hydrogen-bond acceptors (Lipinski definition) is 6. The lowest BCUT2D eigenvalue weighted by molar-refractivity contribution is 0.0940. The van der Waals surface area contributed by atoms with Crippen molar-refractivity contribution >= 4 is 16.9 Å². The Morgan fingerprint density at radius 3 is 2.47 bits per heavy atom. The van der Waals surface area contributed by atoms with Crippen molar-refractivity contribution in [3.8, 4) is 17.0 Å². The zero-order chi connectivity index (χ0) is 23.7. The molecule has 2 heterocycles. The number of phenols is 1. The number of carbonyl (C=O) groups excluding carboxylic acids is 1. The lowest BCUT2D eigenvalue weighted by atomic mass is 9.86. The highest BCUT2D eigenvalue weighted by molar-refractivity contribution is 5.94. The van der Waals surface area contributed by atoms with Crippen LogP contribution < -0.4 is 5.32 Å². The Bertz CT molecular complexity index is 1330. The van der Waals surface area contributed by atoms with E-state index in [1.165, 1.54) is 0 Å². The van der Waals surface area contributed by atoms with Crippen LogP contribution in [-0.2, 0) is 0 Å². The van der Waals surface area contributed by atoms with Crippen LogP contribution in [0.3, 0.4) is 0 Å². The van der Waals surface area contributed by atoms with Gasteiger partial charge in [-0.2, -0.15) is 0 Å². The molecular formula is C24H22F2N6O2. The first-order valence-corrected chi connectivity index (χ1v) is 11.1. The quantitative estimate of drug-likeness (QED) is 0.462. The molecule has 8 nitrogen and oxygen atoms in total. The molecule has 2 aromatic carbocycles. The van der Waals surface area contributed by atoms with Crippen LogP contribution in [0.2, 0.25) is 0 Å². The molecule has 0 unspecified atom stereocenters. The number of benzene rings is 2. The number of fused-ring (bicyclic) bond motifs is 1. The summed E-state index contributed by atoms with van der Waals surface area (Å²) in [7, 11) is 0. The van der Waals surface area contributed by atoms with Gasteiger partial charge in [0.05, 0.1) is 23.3 Å². The van der Waals surface area contributed by atoms with E-state index in [-0.39, 0.29) is 17.5 Å². The van der Waals surface area contributed by atoms with Gasteiger partial charge < -0.3 is 10.4 Å². The molecule has 1 aliphatic carbocycles. The van der Waals surface area contributed by atoms with Crippen LogP contribution in [0.25, 0.3) is 22.3 Å². The van der Waals surface area contributed by atoms with Crippen molar-refractivity contribution in [2.45, 2.75) is 31.7 Å². The van der Waals surface area contributed by atoms with Gasteiger partial charge in [-0.05, 0) is 55.9 Å². The van der Waals surface area contributed by atoms with Gasteiger partial charge in [-0.15, -0.1) is 5.10 Å². The molecule has 1 saturated carbocycles. The van der Waals surface area contributed by atoms with E-state index in [0.29, 0.717) is 6.54 Å². The molecule has 4 aromatic rings. The van der Waals surface area contributed by atoms with Gasteiger partial charge in [0, 0.05) is 30.1 Å². The summed E-state index contributed by atoms with van der Waals surface area (Å²) in [4.78, 5) is 20.9. The highest BCUT2D eigenvalue weighted by Gasteiger charge is 2.24. The fourth-order valence-electron chi connectivity index (χ4n) is 4.36. The zero-order valence-electron chi connectivity index (χ0n) is 18.2. The Morgan fingerprint density at radius 1 is 1.03 bits per heavy atom. The smallest absolute Gasteiger partial charge is 0.251 e. The minimum atomic E-state index is -1.16. The van der Waals surface area contributed by atoms with Crippen LogP contribution in [0.1, 0.15) is 42.1 Å². The van der Waals surface area contributed by atoms with Crippen molar-refractivity contribution in [3.63, 3.8) is 0 Å². The van der Waals surface area contributed by atoms with Crippen molar-refractivity contribution in [3.05, 3.63) is 66.1 Å². The first-order chi connectivity index (χ1) is 16.5. The molecule has 34 heavy (non-hydrogen) atoms. The minimum Gasteiger partial charge on any atom is -0.503 e. The van der Waals surface area contributed by atoms with Gasteiger partial charge in [0.15, 0.2) is 17.4 Å². The maximum absolute atomic E-state index is 13.5. The average Bonchev–Trinajstić information content (AvgIpc) is 3.36. The lowest BCUT2D eigenvalue weighted by Crippen LogP contribution is -2.32. The number of aromatic hydroxyl groups is 1.